The molecule has 120 valence electrons. The van der Waals surface area contributed by atoms with Crippen LogP contribution in [0.1, 0.15) is 16.8 Å². The second kappa shape index (κ2) is 7.95. The fraction of sp³-hybridized carbons (Fsp3) is 0.294. The minimum absolute atomic E-state index is 0.0272. The third-order valence-electron chi connectivity index (χ3n) is 3.10. The molecule has 0 fully saturated rings. The van der Waals surface area contributed by atoms with Crippen molar-refractivity contribution in [1.29, 1.82) is 5.26 Å². The quantitative estimate of drug-likeness (QED) is 0.823. The molecule has 1 N–H and O–H groups in total. The molecule has 1 heterocycles. The maximum absolute atomic E-state index is 13.4. The lowest BCUT2D eigenvalue weighted by molar-refractivity contribution is 0.123. The van der Waals surface area contributed by atoms with Gasteiger partial charge in [0.25, 0.3) is 0 Å². The van der Waals surface area contributed by atoms with Gasteiger partial charge in [0.1, 0.15) is 17.7 Å². The molecule has 0 radical (unpaired) electrons. The molecule has 2 aromatic rings. The minimum atomic E-state index is -0.797. The van der Waals surface area contributed by atoms with Crippen LogP contribution in [-0.2, 0) is 0 Å². The summed E-state index contributed by atoms with van der Waals surface area (Å²) in [6.07, 6.45) is -0.797. The summed E-state index contributed by atoms with van der Waals surface area (Å²) in [5.41, 5.74) is 2.20. The molecular formula is C17H17FN2O2S. The van der Waals surface area contributed by atoms with Gasteiger partial charge in [0.15, 0.2) is 11.6 Å². The molecule has 0 aliphatic heterocycles. The van der Waals surface area contributed by atoms with Crippen LogP contribution in [0.25, 0.3) is 0 Å². The smallest absolute Gasteiger partial charge is 0.165 e. The van der Waals surface area contributed by atoms with Crippen molar-refractivity contribution in [2.24, 2.45) is 0 Å². The monoisotopic (exact) mass is 332 g/mol. The number of nitrogens with zero attached hydrogens (tertiary/aromatic N) is 2. The lowest BCUT2D eigenvalue weighted by atomic mass is 10.1. The van der Waals surface area contributed by atoms with E-state index in [1.165, 1.54) is 23.9 Å². The molecule has 1 unspecified atom stereocenters. The highest BCUT2D eigenvalue weighted by Crippen LogP contribution is 2.24. The van der Waals surface area contributed by atoms with Gasteiger partial charge in [-0.05, 0) is 37.6 Å². The fourth-order valence-electron chi connectivity index (χ4n) is 2.01. The van der Waals surface area contributed by atoms with E-state index in [9.17, 15) is 14.8 Å². The number of hydrogen-bond acceptors (Lipinski definition) is 5. The molecule has 1 aromatic heterocycles. The number of aryl methyl sites for hydroxylation is 2. The van der Waals surface area contributed by atoms with Crippen LogP contribution in [-0.4, -0.2) is 28.6 Å². The number of para-hydroxylation sites is 1. The summed E-state index contributed by atoms with van der Waals surface area (Å²) in [7, 11) is 0. The van der Waals surface area contributed by atoms with Crippen LogP contribution in [0, 0.1) is 31.0 Å². The van der Waals surface area contributed by atoms with Crippen molar-refractivity contribution in [3.63, 3.8) is 0 Å². The first-order chi connectivity index (χ1) is 11.0. The number of halogens is 1. The Kier molecular flexibility index (Phi) is 5.97. The molecule has 0 aliphatic carbocycles. The topological polar surface area (TPSA) is 66.1 Å². The van der Waals surface area contributed by atoms with Gasteiger partial charge in [-0.3, -0.25) is 0 Å². The molecule has 1 atom stereocenters. The summed E-state index contributed by atoms with van der Waals surface area (Å²) < 4.78 is 18.7. The minimum Gasteiger partial charge on any atom is -0.488 e. The Balaban J connectivity index is 1.94. The number of hydrogen-bond donors (Lipinski definition) is 1. The predicted octanol–water partition coefficient (Wildman–Crippen LogP) is 3.24. The van der Waals surface area contributed by atoms with Gasteiger partial charge < -0.3 is 9.84 Å². The number of aromatic nitrogens is 1. The summed E-state index contributed by atoms with van der Waals surface area (Å²) in [5, 5.41) is 19.8. The van der Waals surface area contributed by atoms with Crippen molar-refractivity contribution in [3.05, 3.63) is 53.0 Å². The van der Waals surface area contributed by atoms with Crippen molar-refractivity contribution < 1.29 is 14.2 Å². The van der Waals surface area contributed by atoms with Gasteiger partial charge in [0, 0.05) is 11.4 Å². The molecule has 0 aliphatic rings. The first-order valence-corrected chi connectivity index (χ1v) is 8.06. The number of thioether (sulfide) groups is 1. The maximum atomic E-state index is 13.4. The summed E-state index contributed by atoms with van der Waals surface area (Å²) in [6.45, 7) is 3.69. The largest absolute Gasteiger partial charge is 0.488 e. The molecule has 0 saturated carbocycles. The van der Waals surface area contributed by atoms with E-state index >= 15 is 0 Å². The Morgan fingerprint density at radius 3 is 2.83 bits per heavy atom. The molecular weight excluding hydrogens is 315 g/mol. The molecule has 23 heavy (non-hydrogen) atoms. The number of aliphatic hydroxyl groups is 1. The van der Waals surface area contributed by atoms with Crippen molar-refractivity contribution in [2.75, 3.05) is 12.4 Å². The SMILES string of the molecule is Cc1cc(C)c(C#N)c(SCC(O)COc2ccccc2F)n1. The third kappa shape index (κ3) is 4.68. The highest BCUT2D eigenvalue weighted by atomic mass is 32.2. The van der Waals surface area contributed by atoms with Gasteiger partial charge in [-0.1, -0.05) is 12.1 Å². The van der Waals surface area contributed by atoms with Gasteiger partial charge in [-0.2, -0.15) is 5.26 Å². The summed E-state index contributed by atoms with van der Waals surface area (Å²) in [5.74, 6) is -0.0483. The Labute approximate surface area is 138 Å². The fourth-order valence-corrected chi connectivity index (χ4v) is 3.02. The zero-order chi connectivity index (χ0) is 16.8. The van der Waals surface area contributed by atoms with Crippen LogP contribution in [0.5, 0.6) is 5.75 Å². The molecule has 4 nitrogen and oxygen atoms in total. The second-order valence-corrected chi connectivity index (χ2v) is 6.09. The number of rotatable bonds is 6. The average Bonchev–Trinajstić information content (AvgIpc) is 2.51. The lowest BCUT2D eigenvalue weighted by Crippen LogP contribution is -2.20. The van der Waals surface area contributed by atoms with Crippen molar-refractivity contribution in [3.8, 4) is 11.8 Å². The lowest BCUT2D eigenvalue weighted by Gasteiger charge is -2.13. The van der Waals surface area contributed by atoms with Crippen molar-refractivity contribution in [2.45, 2.75) is 25.0 Å². The summed E-state index contributed by atoms with van der Waals surface area (Å²) in [6, 6.07) is 10.0. The zero-order valence-electron chi connectivity index (χ0n) is 12.9. The van der Waals surface area contributed by atoms with Crippen molar-refractivity contribution >= 4 is 11.8 Å². The normalized spacial score (nSPS) is 11.8. The maximum Gasteiger partial charge on any atom is 0.165 e. The number of ether oxygens (including phenoxy) is 1. The average molecular weight is 332 g/mol. The van der Waals surface area contributed by atoms with Crippen LogP contribution in [0.4, 0.5) is 4.39 Å². The Morgan fingerprint density at radius 2 is 2.13 bits per heavy atom. The van der Waals surface area contributed by atoms with E-state index in [2.05, 4.69) is 11.1 Å². The zero-order valence-corrected chi connectivity index (χ0v) is 13.7. The van der Waals surface area contributed by atoms with Crippen molar-refractivity contribution in [1.82, 2.24) is 4.98 Å². The highest BCUT2D eigenvalue weighted by Gasteiger charge is 2.13. The van der Waals surface area contributed by atoms with E-state index in [0.29, 0.717) is 16.3 Å². The number of pyridine rings is 1. The van der Waals surface area contributed by atoms with Gasteiger partial charge in [0.2, 0.25) is 0 Å². The molecule has 0 amide bonds. The Hall–Kier alpha value is -2.10. The van der Waals surface area contributed by atoms with E-state index in [0.717, 1.165) is 11.3 Å². The molecule has 1 aromatic carbocycles. The van der Waals surface area contributed by atoms with Crippen LogP contribution < -0.4 is 4.74 Å². The number of nitriles is 1. The van der Waals surface area contributed by atoms with Gasteiger partial charge in [-0.25, -0.2) is 9.37 Å². The number of benzene rings is 1. The Morgan fingerprint density at radius 1 is 1.39 bits per heavy atom. The van der Waals surface area contributed by atoms with Gasteiger partial charge in [-0.15, -0.1) is 11.8 Å². The standard InChI is InChI=1S/C17H17FN2O2S/c1-11-7-12(2)20-17(14(11)8-19)23-10-13(21)9-22-16-6-4-3-5-15(16)18/h3-7,13,21H,9-10H2,1-2H3. The first-order valence-electron chi connectivity index (χ1n) is 7.07. The van der Waals surface area contributed by atoms with Crippen LogP contribution in [0.15, 0.2) is 35.4 Å². The second-order valence-electron chi connectivity index (χ2n) is 5.08. The molecule has 0 spiro atoms. The van der Waals surface area contributed by atoms with E-state index in [1.54, 1.807) is 12.1 Å². The van der Waals surface area contributed by atoms with E-state index in [1.807, 2.05) is 19.9 Å². The molecule has 2 rings (SSSR count). The molecule has 0 bridgehead atoms. The van der Waals surface area contributed by atoms with Crippen LogP contribution in [0.3, 0.4) is 0 Å². The van der Waals surface area contributed by atoms with Gasteiger partial charge in [0.05, 0.1) is 11.7 Å². The van der Waals surface area contributed by atoms with Gasteiger partial charge >= 0.3 is 0 Å². The first kappa shape index (κ1) is 17.3. The van der Waals surface area contributed by atoms with Crippen LogP contribution >= 0.6 is 11.8 Å². The summed E-state index contributed by atoms with van der Waals surface area (Å²) in [4.78, 5) is 4.34. The van der Waals surface area contributed by atoms with Crippen LogP contribution in [0.2, 0.25) is 0 Å². The summed E-state index contributed by atoms with van der Waals surface area (Å²) >= 11 is 1.29. The third-order valence-corrected chi connectivity index (χ3v) is 4.22. The van der Waals surface area contributed by atoms with E-state index in [4.69, 9.17) is 4.74 Å². The molecule has 0 saturated heterocycles. The predicted molar refractivity (Wildman–Crippen MR) is 87.1 cm³/mol. The number of aliphatic hydroxyl groups excluding tert-OH is 1. The van der Waals surface area contributed by atoms with E-state index in [-0.39, 0.29) is 12.4 Å². The Bertz CT molecular complexity index is 731. The highest BCUT2D eigenvalue weighted by molar-refractivity contribution is 7.99. The van der Waals surface area contributed by atoms with E-state index < -0.39 is 11.9 Å². The molecule has 6 heteroatoms.